The van der Waals surface area contributed by atoms with Gasteiger partial charge in [0.15, 0.2) is 0 Å². The van der Waals surface area contributed by atoms with Gasteiger partial charge in [-0.15, -0.1) is 0 Å². The fourth-order valence-electron chi connectivity index (χ4n) is 3.90. The number of alkyl halides is 2. The predicted octanol–water partition coefficient (Wildman–Crippen LogP) is 5.53. The van der Waals surface area contributed by atoms with Crippen LogP contribution in [0.25, 0.3) is 6.08 Å². The van der Waals surface area contributed by atoms with Crippen molar-refractivity contribution in [1.82, 2.24) is 9.78 Å². The van der Waals surface area contributed by atoms with Crippen LogP contribution < -0.4 is 5.73 Å². The molecular weight excluding hydrogens is 372 g/mol. The predicted molar refractivity (Wildman–Crippen MR) is 111 cm³/mol. The third-order valence-electron chi connectivity index (χ3n) is 5.47. The van der Waals surface area contributed by atoms with Gasteiger partial charge in [-0.05, 0) is 30.4 Å². The maximum Gasteiger partial charge on any atom is 0.252 e. The van der Waals surface area contributed by atoms with Gasteiger partial charge in [-0.3, -0.25) is 9.48 Å². The Labute approximate surface area is 170 Å². The Kier molecular flexibility index (Phi) is 7.55. The number of aromatic nitrogens is 2. The van der Waals surface area contributed by atoms with Gasteiger partial charge in [0.2, 0.25) is 6.43 Å². The number of primary amides is 1. The van der Waals surface area contributed by atoms with E-state index in [0.29, 0.717) is 12.0 Å². The van der Waals surface area contributed by atoms with Gasteiger partial charge < -0.3 is 5.73 Å². The molecule has 1 heterocycles. The van der Waals surface area contributed by atoms with Crippen LogP contribution in [0.3, 0.4) is 0 Å². The molecular formula is C23H29F2N3O. The zero-order chi connectivity index (χ0) is 20.6. The molecule has 156 valence electrons. The number of allylic oxidation sites excluding steroid dienone is 1. The van der Waals surface area contributed by atoms with E-state index in [1.807, 2.05) is 16.8 Å². The highest BCUT2D eigenvalue weighted by Gasteiger charge is 2.22. The van der Waals surface area contributed by atoms with Crippen LogP contribution in [0.4, 0.5) is 8.78 Å². The third kappa shape index (κ3) is 5.75. The molecule has 1 aromatic carbocycles. The fourth-order valence-corrected chi connectivity index (χ4v) is 3.90. The minimum atomic E-state index is -2.18. The number of carbonyl (C=O) groups excluding carboxylic acids is 1. The summed E-state index contributed by atoms with van der Waals surface area (Å²) in [6.45, 7) is 0. The highest BCUT2D eigenvalue weighted by Crippen LogP contribution is 2.31. The minimum Gasteiger partial charge on any atom is -0.365 e. The van der Waals surface area contributed by atoms with Crippen molar-refractivity contribution in [3.8, 4) is 0 Å². The molecule has 0 aliphatic heterocycles. The first-order valence-corrected chi connectivity index (χ1v) is 10.5. The van der Waals surface area contributed by atoms with Crippen LogP contribution in [0.15, 0.2) is 36.5 Å². The Morgan fingerprint density at radius 1 is 1.07 bits per heavy atom. The van der Waals surface area contributed by atoms with Gasteiger partial charge in [-0.2, -0.15) is 5.10 Å². The number of hydrogen-bond donors (Lipinski definition) is 1. The quantitative estimate of drug-likeness (QED) is 0.476. The number of nitrogens with two attached hydrogens (primary N) is 1. The highest BCUT2D eigenvalue weighted by atomic mass is 19.3. The van der Waals surface area contributed by atoms with Crippen molar-refractivity contribution in [2.45, 2.75) is 70.3 Å². The van der Waals surface area contributed by atoms with Crippen LogP contribution in [-0.4, -0.2) is 22.1 Å². The summed E-state index contributed by atoms with van der Waals surface area (Å²) < 4.78 is 26.0. The standard InChI is InChI=1S/C23H29F2N3O/c24-22(25)13-7-5-3-1-2-4-6-12-20-19(23(26)29)16-28(27-20)21-15-14-17-10-8-9-11-18(17)21/h8-11,14-16,21-22H,1-7,12-13H2,(H2,26,29). The van der Waals surface area contributed by atoms with Crippen molar-refractivity contribution < 1.29 is 13.6 Å². The number of benzene rings is 1. The number of unbranched alkanes of at least 4 members (excludes halogenated alkanes) is 6. The summed E-state index contributed by atoms with van der Waals surface area (Å²) in [5, 5.41) is 4.68. The smallest absolute Gasteiger partial charge is 0.252 e. The van der Waals surface area contributed by atoms with E-state index in [-0.39, 0.29) is 12.5 Å². The van der Waals surface area contributed by atoms with Crippen molar-refractivity contribution in [3.05, 3.63) is 58.9 Å². The van der Waals surface area contributed by atoms with E-state index >= 15 is 0 Å². The van der Waals surface area contributed by atoms with Crippen LogP contribution in [0, 0.1) is 0 Å². The molecule has 1 amide bonds. The maximum atomic E-state index is 12.1. The van der Waals surface area contributed by atoms with E-state index in [0.717, 1.165) is 50.6 Å². The zero-order valence-electron chi connectivity index (χ0n) is 16.7. The molecule has 0 fully saturated rings. The van der Waals surface area contributed by atoms with Gasteiger partial charge in [0.05, 0.1) is 17.3 Å². The topological polar surface area (TPSA) is 60.9 Å². The number of halogens is 2. The molecule has 1 unspecified atom stereocenters. The molecule has 0 radical (unpaired) electrons. The van der Waals surface area contributed by atoms with Crippen molar-refractivity contribution in [3.63, 3.8) is 0 Å². The first-order chi connectivity index (χ1) is 14.1. The van der Waals surface area contributed by atoms with Gasteiger partial charge in [0.25, 0.3) is 5.91 Å². The Morgan fingerprint density at radius 2 is 1.76 bits per heavy atom. The Balaban J connectivity index is 1.49. The number of rotatable bonds is 12. The molecule has 0 bridgehead atoms. The van der Waals surface area contributed by atoms with E-state index < -0.39 is 12.3 Å². The van der Waals surface area contributed by atoms with E-state index in [4.69, 9.17) is 5.73 Å². The zero-order valence-corrected chi connectivity index (χ0v) is 16.7. The summed E-state index contributed by atoms with van der Waals surface area (Å²) in [5.41, 5.74) is 9.17. The molecule has 2 N–H and O–H groups in total. The molecule has 3 rings (SSSR count). The number of carbonyl (C=O) groups is 1. The summed E-state index contributed by atoms with van der Waals surface area (Å²) in [6.07, 6.45) is 11.1. The van der Waals surface area contributed by atoms with Crippen LogP contribution in [0.5, 0.6) is 0 Å². The molecule has 1 aliphatic rings. The molecule has 6 heteroatoms. The van der Waals surface area contributed by atoms with E-state index in [1.165, 1.54) is 11.1 Å². The second kappa shape index (κ2) is 10.3. The lowest BCUT2D eigenvalue weighted by Crippen LogP contribution is -2.12. The van der Waals surface area contributed by atoms with Crippen LogP contribution in [0.2, 0.25) is 0 Å². The first kappa shape index (κ1) is 21.2. The molecule has 0 saturated heterocycles. The Hall–Kier alpha value is -2.50. The van der Waals surface area contributed by atoms with Gasteiger partial charge in [0, 0.05) is 12.6 Å². The molecule has 0 saturated carbocycles. The van der Waals surface area contributed by atoms with E-state index in [2.05, 4.69) is 29.4 Å². The summed E-state index contributed by atoms with van der Waals surface area (Å²) in [7, 11) is 0. The molecule has 4 nitrogen and oxygen atoms in total. The second-order valence-electron chi connectivity index (χ2n) is 7.67. The number of amides is 1. The van der Waals surface area contributed by atoms with Crippen LogP contribution in [-0.2, 0) is 6.42 Å². The molecule has 1 aromatic heterocycles. The molecule has 1 aliphatic carbocycles. The average Bonchev–Trinajstić information content (AvgIpc) is 3.30. The van der Waals surface area contributed by atoms with Crippen LogP contribution >= 0.6 is 0 Å². The number of fused-ring (bicyclic) bond motifs is 1. The van der Waals surface area contributed by atoms with Crippen molar-refractivity contribution >= 4 is 12.0 Å². The Morgan fingerprint density at radius 3 is 2.48 bits per heavy atom. The number of nitrogens with zero attached hydrogens (tertiary/aromatic N) is 2. The van der Waals surface area contributed by atoms with Crippen molar-refractivity contribution in [2.24, 2.45) is 5.73 Å². The van der Waals surface area contributed by atoms with Crippen molar-refractivity contribution in [1.29, 1.82) is 0 Å². The van der Waals surface area contributed by atoms with Gasteiger partial charge in [-0.25, -0.2) is 8.78 Å². The third-order valence-corrected chi connectivity index (χ3v) is 5.47. The average molecular weight is 402 g/mol. The molecule has 0 spiro atoms. The lowest BCUT2D eigenvalue weighted by atomic mass is 10.0. The van der Waals surface area contributed by atoms with E-state index in [9.17, 15) is 13.6 Å². The summed E-state index contributed by atoms with van der Waals surface area (Å²) in [4.78, 5) is 11.9. The molecule has 29 heavy (non-hydrogen) atoms. The second-order valence-corrected chi connectivity index (χ2v) is 7.67. The molecule has 1 atom stereocenters. The van der Waals surface area contributed by atoms with Gasteiger partial charge in [-0.1, -0.05) is 68.5 Å². The van der Waals surface area contributed by atoms with Gasteiger partial charge >= 0.3 is 0 Å². The first-order valence-electron chi connectivity index (χ1n) is 10.5. The van der Waals surface area contributed by atoms with Crippen molar-refractivity contribution in [2.75, 3.05) is 0 Å². The Bertz CT molecular complexity index is 844. The monoisotopic (exact) mass is 401 g/mol. The largest absolute Gasteiger partial charge is 0.365 e. The lowest BCUT2D eigenvalue weighted by molar-refractivity contribution is 0.0999. The number of hydrogen-bond acceptors (Lipinski definition) is 2. The summed E-state index contributed by atoms with van der Waals surface area (Å²) in [5.74, 6) is -0.444. The minimum absolute atomic E-state index is 0.00807. The normalized spacial score (nSPS) is 15.2. The van der Waals surface area contributed by atoms with E-state index in [1.54, 1.807) is 6.20 Å². The summed E-state index contributed by atoms with van der Waals surface area (Å²) in [6, 6.07) is 8.15. The molecule has 2 aromatic rings. The summed E-state index contributed by atoms with van der Waals surface area (Å²) >= 11 is 0. The SMILES string of the molecule is NC(=O)c1cn(C2C=Cc3ccccc32)nc1CCCCCCCCCC(F)F. The maximum absolute atomic E-state index is 12.1. The van der Waals surface area contributed by atoms with Gasteiger partial charge in [0.1, 0.15) is 0 Å². The highest BCUT2D eigenvalue weighted by molar-refractivity contribution is 5.93. The fraction of sp³-hybridized carbons (Fsp3) is 0.478. The lowest BCUT2D eigenvalue weighted by Gasteiger charge is -2.11. The van der Waals surface area contributed by atoms with Crippen LogP contribution in [0.1, 0.15) is 84.6 Å². The number of aryl methyl sites for hydroxylation is 1.